The van der Waals surface area contributed by atoms with Gasteiger partial charge in [-0.1, -0.05) is 134 Å². The molecule has 0 fully saturated rings. The molecule has 0 N–H and O–H groups in total. The Labute approximate surface area is 200 Å². The first-order chi connectivity index (χ1) is 15.4. The van der Waals surface area contributed by atoms with Crippen LogP contribution in [0.5, 0.6) is 0 Å². The third-order valence-corrected chi connectivity index (χ3v) is 6.79. The molecule has 0 spiro atoms. The van der Waals surface area contributed by atoms with Crippen LogP contribution in [0.15, 0.2) is 36.0 Å². The summed E-state index contributed by atoms with van der Waals surface area (Å²) in [5.41, 5.74) is 2.44. The van der Waals surface area contributed by atoms with Gasteiger partial charge in [0, 0.05) is 5.57 Å². The molecule has 0 amide bonds. The van der Waals surface area contributed by atoms with E-state index in [2.05, 4.69) is 38.7 Å². The van der Waals surface area contributed by atoms with Crippen LogP contribution < -0.4 is 0 Å². The molecule has 1 aliphatic carbocycles. The van der Waals surface area contributed by atoms with Crippen molar-refractivity contribution in [3.05, 3.63) is 36.0 Å². The minimum Gasteiger partial charge on any atom is -0.462 e. The third kappa shape index (κ3) is 15.5. The number of ether oxygens (including phenoxy) is 1. The number of unbranched alkanes of at least 4 members (excludes halogenated alkanes) is 15. The minimum absolute atomic E-state index is 0.254. The Balaban J connectivity index is 1.74. The van der Waals surface area contributed by atoms with Gasteiger partial charge in [-0.3, -0.25) is 0 Å². The normalized spacial score (nSPS) is 17.9. The number of allylic oxidation sites excluding steroid dienone is 4. The van der Waals surface area contributed by atoms with Gasteiger partial charge in [0.2, 0.25) is 0 Å². The molecule has 0 aromatic rings. The van der Waals surface area contributed by atoms with E-state index in [1.54, 1.807) is 6.92 Å². The molecule has 1 rings (SSSR count). The number of esters is 1. The van der Waals surface area contributed by atoms with E-state index < -0.39 is 0 Å². The Bertz CT molecular complexity index is 571. The zero-order chi connectivity index (χ0) is 23.5. The topological polar surface area (TPSA) is 26.3 Å². The van der Waals surface area contributed by atoms with E-state index >= 15 is 0 Å². The Morgan fingerprint density at radius 3 is 1.72 bits per heavy atom. The zero-order valence-corrected chi connectivity index (χ0v) is 21.7. The predicted molar refractivity (Wildman–Crippen MR) is 140 cm³/mol. The van der Waals surface area contributed by atoms with Crippen LogP contribution in [0, 0.1) is 5.41 Å². The van der Waals surface area contributed by atoms with Crippen molar-refractivity contribution in [1.82, 2.24) is 0 Å². The van der Waals surface area contributed by atoms with Gasteiger partial charge >= 0.3 is 5.97 Å². The highest BCUT2D eigenvalue weighted by Crippen LogP contribution is 2.36. The average molecular weight is 445 g/mol. The lowest BCUT2D eigenvalue weighted by molar-refractivity contribution is -0.139. The van der Waals surface area contributed by atoms with Gasteiger partial charge in [0.25, 0.3) is 0 Å². The molecule has 0 saturated carbocycles. The molecule has 0 aromatic carbocycles. The molecule has 1 atom stereocenters. The van der Waals surface area contributed by atoms with Crippen LogP contribution in [0.4, 0.5) is 0 Å². The fraction of sp³-hybridized carbons (Fsp3) is 0.767. The highest BCUT2D eigenvalue weighted by Gasteiger charge is 2.22. The molecule has 1 unspecified atom stereocenters. The van der Waals surface area contributed by atoms with Gasteiger partial charge in [-0.15, -0.1) is 0 Å². The highest BCUT2D eigenvalue weighted by molar-refractivity contribution is 5.86. The molecular weight excluding hydrogens is 392 g/mol. The lowest BCUT2D eigenvalue weighted by Gasteiger charge is -2.28. The lowest BCUT2D eigenvalue weighted by atomic mass is 9.76. The molecule has 0 saturated heterocycles. The fourth-order valence-corrected chi connectivity index (χ4v) is 4.77. The monoisotopic (exact) mass is 444 g/mol. The molecule has 184 valence electrons. The predicted octanol–water partition coefficient (Wildman–Crippen LogP) is 9.65. The Morgan fingerprint density at radius 2 is 1.28 bits per heavy atom. The summed E-state index contributed by atoms with van der Waals surface area (Å²) in [6.45, 7) is 10.5. The maximum atomic E-state index is 11.3. The Kier molecular flexibility index (Phi) is 16.3. The van der Waals surface area contributed by atoms with Crippen LogP contribution in [-0.4, -0.2) is 12.6 Å². The van der Waals surface area contributed by atoms with Gasteiger partial charge in [-0.05, 0) is 38.5 Å². The number of hydrogen-bond acceptors (Lipinski definition) is 2. The first-order valence-corrected chi connectivity index (χ1v) is 13.6. The summed E-state index contributed by atoms with van der Waals surface area (Å²) in [6, 6.07) is 0. The van der Waals surface area contributed by atoms with Crippen LogP contribution >= 0.6 is 0 Å². The molecule has 2 heteroatoms. The van der Waals surface area contributed by atoms with E-state index in [-0.39, 0.29) is 5.97 Å². The second-order valence-corrected chi connectivity index (χ2v) is 10.5. The molecule has 0 heterocycles. The van der Waals surface area contributed by atoms with Crippen molar-refractivity contribution in [2.45, 2.75) is 136 Å². The Morgan fingerprint density at radius 1 is 0.844 bits per heavy atom. The summed E-state index contributed by atoms with van der Waals surface area (Å²) in [4.78, 5) is 11.3. The van der Waals surface area contributed by atoms with E-state index in [4.69, 9.17) is 4.74 Å². The summed E-state index contributed by atoms with van der Waals surface area (Å²) in [5.74, 6) is -0.254. The van der Waals surface area contributed by atoms with Crippen LogP contribution in [0.1, 0.15) is 136 Å². The molecule has 0 radical (unpaired) electrons. The largest absolute Gasteiger partial charge is 0.462 e. The van der Waals surface area contributed by atoms with Crippen molar-refractivity contribution in [2.75, 3.05) is 6.61 Å². The number of hydrogen-bond donors (Lipinski definition) is 0. The summed E-state index contributed by atoms with van der Waals surface area (Å²) >= 11 is 0. The van der Waals surface area contributed by atoms with Crippen molar-refractivity contribution < 1.29 is 9.53 Å². The van der Waals surface area contributed by atoms with Crippen LogP contribution in [0.25, 0.3) is 0 Å². The van der Waals surface area contributed by atoms with E-state index in [1.165, 1.54) is 108 Å². The third-order valence-electron chi connectivity index (χ3n) is 6.79. The molecule has 2 nitrogen and oxygen atoms in total. The van der Waals surface area contributed by atoms with Gasteiger partial charge in [0.1, 0.15) is 0 Å². The summed E-state index contributed by atoms with van der Waals surface area (Å²) in [7, 11) is 0. The Hall–Kier alpha value is -1.31. The van der Waals surface area contributed by atoms with E-state index in [0.29, 0.717) is 17.6 Å². The number of carbonyl (C=O) groups excluding carboxylic acids is 1. The summed E-state index contributed by atoms with van der Waals surface area (Å²) in [5, 5.41) is 0. The number of carbonyl (C=O) groups is 1. The maximum Gasteiger partial charge on any atom is 0.333 e. The van der Waals surface area contributed by atoms with Crippen molar-refractivity contribution in [2.24, 2.45) is 5.41 Å². The van der Waals surface area contributed by atoms with Crippen molar-refractivity contribution in [3.8, 4) is 0 Å². The first kappa shape index (κ1) is 28.7. The summed E-state index contributed by atoms with van der Waals surface area (Å²) < 4.78 is 5.11. The second-order valence-electron chi connectivity index (χ2n) is 10.5. The highest BCUT2D eigenvalue weighted by atomic mass is 16.5. The van der Waals surface area contributed by atoms with E-state index in [9.17, 15) is 4.79 Å². The van der Waals surface area contributed by atoms with E-state index in [1.807, 2.05) is 0 Å². The smallest absolute Gasteiger partial charge is 0.333 e. The van der Waals surface area contributed by atoms with Crippen LogP contribution in [0.3, 0.4) is 0 Å². The van der Waals surface area contributed by atoms with Crippen molar-refractivity contribution >= 4 is 5.97 Å². The maximum absolute atomic E-state index is 11.3. The van der Waals surface area contributed by atoms with Crippen LogP contribution in [0.2, 0.25) is 0 Å². The quantitative estimate of drug-likeness (QED) is 0.106. The SMILES string of the molecule is C=C(C)C(=O)OCCCCCCCCCCCCCCCCCCC1(C)C=CC=C(C)C1. The number of rotatable bonds is 20. The standard InChI is InChI=1S/C30H52O2/c1-27(2)29(31)32-25-20-18-16-14-12-10-8-6-5-7-9-11-13-15-17-19-23-30(4)24-21-22-28(3)26-30/h21-22,24H,1,5-20,23,25-26H2,2-4H3. The molecule has 0 aromatic heterocycles. The minimum atomic E-state index is -0.254. The van der Waals surface area contributed by atoms with Gasteiger partial charge < -0.3 is 4.74 Å². The molecule has 1 aliphatic rings. The van der Waals surface area contributed by atoms with Crippen LogP contribution in [-0.2, 0) is 9.53 Å². The second kappa shape index (κ2) is 18.2. The van der Waals surface area contributed by atoms with E-state index in [0.717, 1.165) is 12.8 Å². The summed E-state index contributed by atoms with van der Waals surface area (Å²) in [6.07, 6.45) is 31.2. The zero-order valence-electron chi connectivity index (χ0n) is 21.7. The molecular formula is C30H52O2. The molecule has 32 heavy (non-hydrogen) atoms. The molecule has 0 aliphatic heterocycles. The van der Waals surface area contributed by atoms with Gasteiger partial charge in [0.05, 0.1) is 6.61 Å². The average Bonchev–Trinajstić information content (AvgIpc) is 2.74. The first-order valence-electron chi connectivity index (χ1n) is 13.6. The van der Waals surface area contributed by atoms with Gasteiger partial charge in [0.15, 0.2) is 0 Å². The van der Waals surface area contributed by atoms with Crippen molar-refractivity contribution in [3.63, 3.8) is 0 Å². The van der Waals surface area contributed by atoms with Gasteiger partial charge in [-0.2, -0.15) is 0 Å². The van der Waals surface area contributed by atoms with Crippen molar-refractivity contribution in [1.29, 1.82) is 0 Å². The fourth-order valence-electron chi connectivity index (χ4n) is 4.77. The molecule has 0 bridgehead atoms. The lowest BCUT2D eigenvalue weighted by Crippen LogP contribution is -2.15. The van der Waals surface area contributed by atoms with Gasteiger partial charge in [-0.25, -0.2) is 4.79 Å².